The number of ether oxygens (including phenoxy) is 1. The zero-order valence-corrected chi connectivity index (χ0v) is 13.4. The Morgan fingerprint density at radius 1 is 0.762 bits per heavy atom. The molecule has 0 fully saturated rings. The average molecular weight is 308 g/mol. The molecule has 0 aromatic rings. The van der Waals surface area contributed by atoms with Gasteiger partial charge in [0.05, 0.1) is 7.11 Å². The van der Waals surface area contributed by atoms with Gasteiger partial charge in [0.15, 0.2) is 0 Å². The molecule has 0 N–H and O–H groups in total. The van der Waals surface area contributed by atoms with Gasteiger partial charge in [0.2, 0.25) is 0 Å². The van der Waals surface area contributed by atoms with E-state index in [2.05, 4.69) is 11.7 Å². The number of methoxy groups -OCH3 is 1. The van der Waals surface area contributed by atoms with E-state index in [-0.39, 0.29) is 41.8 Å². The van der Waals surface area contributed by atoms with Gasteiger partial charge in [-0.25, -0.2) is 0 Å². The monoisotopic (exact) mass is 308 g/mol. The van der Waals surface area contributed by atoms with Crippen LogP contribution in [0.4, 0.5) is 0 Å². The van der Waals surface area contributed by atoms with Gasteiger partial charge in [-0.1, -0.05) is 71.1 Å². The van der Waals surface area contributed by atoms with E-state index >= 15 is 0 Å². The third-order valence-corrected chi connectivity index (χ3v) is 3.63. The molecule has 0 aromatic heterocycles. The fourth-order valence-electron chi connectivity index (χ4n) is 2.31. The molecule has 0 atom stereocenters. The third kappa shape index (κ3) is 18.1. The summed E-state index contributed by atoms with van der Waals surface area (Å²) in [5, 5.41) is 0. The Labute approximate surface area is 152 Å². The van der Waals surface area contributed by atoms with E-state index < -0.39 is 5.97 Å². The van der Waals surface area contributed by atoms with Gasteiger partial charge in [-0.3, -0.25) is 9.59 Å². The van der Waals surface area contributed by atoms with Crippen LogP contribution in [0.25, 0.3) is 0 Å². The molecule has 0 aliphatic heterocycles. The Kier molecular flexibility index (Phi) is 20.3. The predicted octanol–water partition coefficient (Wildman–Crippen LogP) is 4.17. The summed E-state index contributed by atoms with van der Waals surface area (Å²) in [5.41, 5.74) is 0. The van der Waals surface area contributed by atoms with E-state index in [1.165, 1.54) is 64.9 Å². The molecule has 0 aliphatic rings. The van der Waals surface area contributed by atoms with Crippen LogP contribution in [0.2, 0.25) is 0 Å². The van der Waals surface area contributed by atoms with Gasteiger partial charge in [0.1, 0.15) is 12.2 Å². The van der Waals surface area contributed by atoms with E-state index in [1.54, 1.807) is 0 Å². The number of hydrogen-bond acceptors (Lipinski definition) is 3. The number of unbranched alkanes of at least 4 members (excludes halogenated alkanes) is 10. The first kappa shape index (κ1) is 23.4. The van der Waals surface area contributed by atoms with Gasteiger partial charge in [0.25, 0.3) is 0 Å². The molecular weight excluding hydrogens is 275 g/mol. The van der Waals surface area contributed by atoms with Gasteiger partial charge >= 0.3 is 35.5 Å². The molecule has 0 bridgehead atoms. The number of rotatable bonds is 14. The molecule has 4 heteroatoms. The van der Waals surface area contributed by atoms with E-state index in [1.807, 2.05) is 0 Å². The summed E-state index contributed by atoms with van der Waals surface area (Å²) in [5.74, 6) is -0.411. The van der Waals surface area contributed by atoms with Crippen molar-refractivity contribution in [3.05, 3.63) is 0 Å². The number of hydrogen-bond donors (Lipinski definition) is 0. The van der Waals surface area contributed by atoms with Crippen molar-refractivity contribution in [2.45, 2.75) is 90.4 Å². The molecule has 21 heavy (non-hydrogen) atoms. The second-order valence-electron chi connectivity index (χ2n) is 5.58. The van der Waals surface area contributed by atoms with E-state index in [4.69, 9.17) is 0 Å². The van der Waals surface area contributed by atoms with Crippen molar-refractivity contribution in [2.24, 2.45) is 0 Å². The van der Waals surface area contributed by atoms with Crippen molar-refractivity contribution in [2.75, 3.05) is 7.11 Å². The Bertz CT molecular complexity index is 254. The number of carbonyl (C=O) groups is 2. The Morgan fingerprint density at radius 2 is 1.19 bits per heavy atom. The molecular formula is C17H33NaO3. The third-order valence-electron chi connectivity index (χ3n) is 3.63. The maximum atomic E-state index is 11.4. The molecule has 0 saturated heterocycles. The van der Waals surface area contributed by atoms with Crippen LogP contribution in [0.5, 0.6) is 0 Å². The maximum absolute atomic E-state index is 11.4. The quantitative estimate of drug-likeness (QED) is 0.209. The van der Waals surface area contributed by atoms with Crippen LogP contribution in [-0.4, -0.2) is 48.4 Å². The van der Waals surface area contributed by atoms with E-state index in [0.717, 1.165) is 12.8 Å². The number of esters is 1. The molecule has 0 rings (SSSR count). The molecule has 120 valence electrons. The zero-order chi connectivity index (χ0) is 15.1. The molecule has 0 heterocycles. The number of ketones is 1. The van der Waals surface area contributed by atoms with Gasteiger partial charge in [-0.05, 0) is 6.42 Å². The fraction of sp³-hybridized carbons (Fsp3) is 0.882. The summed E-state index contributed by atoms with van der Waals surface area (Å²) < 4.78 is 4.47. The van der Waals surface area contributed by atoms with Crippen molar-refractivity contribution in [3.8, 4) is 0 Å². The first-order valence-electron chi connectivity index (χ1n) is 8.29. The summed E-state index contributed by atoms with van der Waals surface area (Å²) >= 11 is 0. The molecule has 0 aromatic carbocycles. The first-order valence-corrected chi connectivity index (χ1v) is 8.29. The Balaban J connectivity index is 0. The van der Waals surface area contributed by atoms with Gasteiger partial charge in [-0.15, -0.1) is 0 Å². The molecule has 0 amide bonds. The minimum atomic E-state index is -0.418. The number of carbonyl (C=O) groups excluding carboxylic acids is 2. The second-order valence-corrected chi connectivity index (χ2v) is 5.58. The van der Waals surface area contributed by atoms with Crippen LogP contribution in [-0.2, 0) is 14.3 Å². The van der Waals surface area contributed by atoms with Gasteiger partial charge in [-0.2, -0.15) is 0 Å². The minimum absolute atomic E-state index is 0. The average Bonchev–Trinajstić information content (AvgIpc) is 2.44. The molecule has 0 spiro atoms. The van der Waals surface area contributed by atoms with Gasteiger partial charge in [0, 0.05) is 6.42 Å². The fourth-order valence-corrected chi connectivity index (χ4v) is 2.31. The molecule has 0 aliphatic carbocycles. The predicted molar refractivity (Wildman–Crippen MR) is 89.9 cm³/mol. The topological polar surface area (TPSA) is 43.4 Å². The standard InChI is InChI=1S/C17H32O3.Na.H/c1-3-4-5-6-7-8-9-10-11-12-13-14-16(18)15-17(19)20-2;;/h3-15H2,1-2H3;;. The van der Waals surface area contributed by atoms with E-state index in [0.29, 0.717) is 6.42 Å². The van der Waals surface area contributed by atoms with Crippen LogP contribution in [0.3, 0.4) is 0 Å². The van der Waals surface area contributed by atoms with Crippen LogP contribution in [0.15, 0.2) is 0 Å². The Morgan fingerprint density at radius 3 is 1.62 bits per heavy atom. The summed E-state index contributed by atoms with van der Waals surface area (Å²) in [7, 11) is 1.32. The Hall–Kier alpha value is 0.140. The van der Waals surface area contributed by atoms with Crippen molar-refractivity contribution in [1.82, 2.24) is 0 Å². The summed E-state index contributed by atoms with van der Waals surface area (Å²) in [6.07, 6.45) is 14.5. The number of Topliss-reactive ketones (excluding diaryl/α,β-unsaturated/α-hetero) is 1. The summed E-state index contributed by atoms with van der Waals surface area (Å²) in [6, 6.07) is 0. The van der Waals surface area contributed by atoms with Crippen molar-refractivity contribution >= 4 is 41.3 Å². The van der Waals surface area contributed by atoms with Crippen molar-refractivity contribution < 1.29 is 14.3 Å². The molecule has 0 saturated carbocycles. The zero-order valence-electron chi connectivity index (χ0n) is 13.4. The summed E-state index contributed by atoms with van der Waals surface area (Å²) in [4.78, 5) is 22.3. The normalized spacial score (nSPS) is 10.0. The van der Waals surface area contributed by atoms with Crippen molar-refractivity contribution in [3.63, 3.8) is 0 Å². The first-order chi connectivity index (χ1) is 9.70. The molecule has 0 radical (unpaired) electrons. The van der Waals surface area contributed by atoms with E-state index in [9.17, 15) is 9.59 Å². The molecule has 3 nitrogen and oxygen atoms in total. The van der Waals surface area contributed by atoms with Gasteiger partial charge < -0.3 is 4.74 Å². The van der Waals surface area contributed by atoms with Crippen LogP contribution >= 0.6 is 0 Å². The SMILES string of the molecule is CCCCCCCCCCCCCC(=O)CC(=O)OC.[NaH]. The molecule has 0 unspecified atom stereocenters. The summed E-state index contributed by atoms with van der Waals surface area (Å²) in [6.45, 7) is 2.25. The van der Waals surface area contributed by atoms with Crippen LogP contribution in [0, 0.1) is 0 Å². The van der Waals surface area contributed by atoms with Crippen LogP contribution < -0.4 is 0 Å². The second kappa shape index (κ2) is 18.2. The van der Waals surface area contributed by atoms with Crippen LogP contribution in [0.1, 0.15) is 90.4 Å². The van der Waals surface area contributed by atoms with Crippen molar-refractivity contribution in [1.29, 1.82) is 0 Å².